The van der Waals surface area contributed by atoms with E-state index in [2.05, 4.69) is 26.1 Å². The highest BCUT2D eigenvalue weighted by molar-refractivity contribution is 6.35. The van der Waals surface area contributed by atoms with Gasteiger partial charge in [-0.15, -0.1) is 0 Å². The largest absolute Gasteiger partial charge is 0.376 e. The lowest BCUT2D eigenvalue weighted by atomic mass is 10.1. The second kappa shape index (κ2) is 5.67. The molecular weight excluding hydrogens is 174 g/mol. The van der Waals surface area contributed by atoms with E-state index in [-0.39, 0.29) is 0 Å². The summed E-state index contributed by atoms with van der Waals surface area (Å²) in [6.07, 6.45) is 1.18. The third-order valence-electron chi connectivity index (χ3n) is 2.03. The van der Waals surface area contributed by atoms with Crippen molar-refractivity contribution in [3.05, 3.63) is 10.4 Å². The van der Waals surface area contributed by atoms with Crippen LogP contribution in [-0.2, 0) is 0 Å². The van der Waals surface area contributed by atoms with Crippen molar-refractivity contribution in [1.29, 1.82) is 0 Å². The molecule has 11 heavy (non-hydrogen) atoms. The minimum atomic E-state index is 0.646. The summed E-state index contributed by atoms with van der Waals surface area (Å²) in [6.45, 7) is 7.40. The lowest BCUT2D eigenvalue weighted by Gasteiger charge is -2.12. The Morgan fingerprint density at radius 1 is 1.55 bits per heavy atom. The van der Waals surface area contributed by atoms with Crippen LogP contribution in [0, 0.1) is 5.92 Å². The molecule has 0 aliphatic heterocycles. The number of hydrogen-bond donors (Lipinski definition) is 1. The fraction of sp³-hybridized carbons (Fsp3) is 0.750. The van der Waals surface area contributed by atoms with Gasteiger partial charge in [-0.3, -0.25) is 0 Å². The van der Waals surface area contributed by atoms with E-state index in [1.807, 2.05) is 0 Å². The second-order valence-electron chi connectivity index (χ2n) is 2.84. The summed E-state index contributed by atoms with van der Waals surface area (Å²) in [5, 5.41) is 5.42. The van der Waals surface area contributed by atoms with E-state index >= 15 is 0 Å². The molecule has 1 atom stereocenters. The first-order chi connectivity index (χ1) is 5.13. The van der Waals surface area contributed by atoms with E-state index in [1.54, 1.807) is 0 Å². The van der Waals surface area contributed by atoms with E-state index in [1.165, 1.54) is 11.6 Å². The Kier molecular flexibility index (Phi) is 5.69. The molecule has 0 rings (SSSR count). The van der Waals surface area contributed by atoms with Gasteiger partial charge in [0.15, 0.2) is 0 Å². The predicted molar refractivity (Wildman–Crippen MR) is 55.9 cm³/mol. The van der Waals surface area contributed by atoms with E-state index in [4.69, 9.17) is 11.6 Å². The summed E-state index contributed by atoms with van der Waals surface area (Å²) in [6, 6.07) is 0. The number of allylic oxidation sites excluding steroid dienone is 1. The van der Waals surface area contributed by atoms with Crippen LogP contribution in [-0.4, -0.2) is 16.8 Å². The van der Waals surface area contributed by atoms with Gasteiger partial charge in [-0.25, -0.2) is 0 Å². The number of hydrogen-bond acceptors (Lipinski definition) is 1. The summed E-state index contributed by atoms with van der Waals surface area (Å²) >= 11 is 6.01. The Morgan fingerprint density at radius 3 is 2.45 bits per heavy atom. The Labute approximate surface area is 77.6 Å². The van der Waals surface area contributed by atoms with Gasteiger partial charge >= 0.3 is 0 Å². The van der Waals surface area contributed by atoms with Gasteiger partial charge in [0.25, 0.3) is 0 Å². The summed E-state index contributed by atoms with van der Waals surface area (Å²) < 4.78 is 0. The van der Waals surface area contributed by atoms with Crippen molar-refractivity contribution in [1.82, 2.24) is 5.32 Å². The van der Waals surface area contributed by atoms with Crippen LogP contribution >= 0.6 is 11.6 Å². The molecule has 0 spiro atoms. The molecule has 1 N–H and O–H groups in total. The van der Waals surface area contributed by atoms with Crippen molar-refractivity contribution in [2.45, 2.75) is 27.2 Å². The molecule has 0 saturated carbocycles. The van der Waals surface area contributed by atoms with Crippen molar-refractivity contribution < 1.29 is 0 Å². The first kappa shape index (κ1) is 11.0. The van der Waals surface area contributed by atoms with Crippen molar-refractivity contribution in [3.63, 3.8) is 0 Å². The van der Waals surface area contributed by atoms with E-state index in [9.17, 15) is 0 Å². The zero-order valence-electron chi connectivity index (χ0n) is 7.87. The van der Waals surface area contributed by atoms with Crippen molar-refractivity contribution in [3.8, 4) is 0 Å². The molecule has 0 aliphatic rings. The van der Waals surface area contributed by atoms with Gasteiger partial charge in [0.05, 0.1) is 5.16 Å². The maximum atomic E-state index is 6.01. The number of halogens is 1. The monoisotopic (exact) mass is 191 g/mol. The average Bonchev–Trinajstić information content (AvgIpc) is 2.02. The Morgan fingerprint density at radius 2 is 2.09 bits per heavy atom. The van der Waals surface area contributed by atoms with Crippen LogP contribution in [0.1, 0.15) is 27.2 Å². The fourth-order valence-corrected chi connectivity index (χ4v) is 1.72. The van der Waals surface area contributed by atoms with Gasteiger partial charge in [-0.1, -0.05) is 37.1 Å². The Hall–Kier alpha value is 0.0469. The van der Waals surface area contributed by atoms with Crippen molar-refractivity contribution >= 4 is 21.8 Å². The summed E-state index contributed by atoms with van der Waals surface area (Å²) in [5.74, 6) is 0.646. The first-order valence-corrected chi connectivity index (χ1v) is 5.61. The van der Waals surface area contributed by atoms with Gasteiger partial charge < -0.3 is 5.32 Å². The molecule has 0 heterocycles. The standard InChI is InChI=1S/C8H18ClNSi/c1-4-6(3)7(11)8(9)10-5-2/h6,10H,4-5H2,1-3,11H3. The van der Waals surface area contributed by atoms with Crippen LogP contribution in [0.3, 0.4) is 0 Å². The zero-order chi connectivity index (χ0) is 8.85. The zero-order valence-corrected chi connectivity index (χ0v) is 10.6. The lowest BCUT2D eigenvalue weighted by molar-refractivity contribution is 0.674. The van der Waals surface area contributed by atoms with Gasteiger partial charge in [0.1, 0.15) is 0 Å². The maximum absolute atomic E-state index is 6.01. The van der Waals surface area contributed by atoms with E-state index < -0.39 is 0 Å². The Bertz CT molecular complexity index is 145. The molecule has 0 radical (unpaired) electrons. The van der Waals surface area contributed by atoms with Crippen LogP contribution in [0.4, 0.5) is 0 Å². The molecule has 66 valence electrons. The van der Waals surface area contributed by atoms with Gasteiger partial charge in [0.2, 0.25) is 0 Å². The number of nitrogens with one attached hydrogen (secondary N) is 1. The SMILES string of the molecule is CCNC(Cl)=C([SiH3])C(C)CC. The van der Waals surface area contributed by atoms with Gasteiger partial charge in [-0.2, -0.15) is 0 Å². The second-order valence-corrected chi connectivity index (χ2v) is 4.29. The summed E-state index contributed by atoms with van der Waals surface area (Å²) in [7, 11) is 1.07. The molecule has 0 aromatic carbocycles. The average molecular weight is 192 g/mol. The number of rotatable bonds is 4. The fourth-order valence-electron chi connectivity index (χ4n) is 0.817. The van der Waals surface area contributed by atoms with Crippen LogP contribution in [0.2, 0.25) is 0 Å². The molecule has 0 saturated heterocycles. The molecule has 3 heteroatoms. The van der Waals surface area contributed by atoms with E-state index in [0.717, 1.165) is 21.9 Å². The normalized spacial score (nSPS) is 16.0. The molecular formula is C8H18ClNSi. The molecule has 0 bridgehead atoms. The third-order valence-corrected chi connectivity index (χ3v) is 4.26. The highest BCUT2D eigenvalue weighted by Gasteiger charge is 2.04. The molecule has 0 aliphatic carbocycles. The van der Waals surface area contributed by atoms with Crippen molar-refractivity contribution in [2.24, 2.45) is 5.92 Å². The highest BCUT2D eigenvalue weighted by Crippen LogP contribution is 2.15. The van der Waals surface area contributed by atoms with Gasteiger partial charge in [-0.05, 0) is 12.8 Å². The van der Waals surface area contributed by atoms with E-state index in [0.29, 0.717) is 5.92 Å². The molecule has 0 amide bonds. The maximum Gasteiger partial charge on any atom is 0.0962 e. The highest BCUT2D eigenvalue weighted by atomic mass is 35.5. The molecule has 0 aromatic heterocycles. The van der Waals surface area contributed by atoms with Crippen LogP contribution in [0.5, 0.6) is 0 Å². The Balaban J connectivity index is 4.13. The molecule has 1 unspecified atom stereocenters. The van der Waals surface area contributed by atoms with Crippen LogP contribution in [0.15, 0.2) is 10.4 Å². The third kappa shape index (κ3) is 3.82. The minimum absolute atomic E-state index is 0.646. The summed E-state index contributed by atoms with van der Waals surface area (Å²) in [4.78, 5) is 0. The minimum Gasteiger partial charge on any atom is -0.376 e. The van der Waals surface area contributed by atoms with Crippen molar-refractivity contribution in [2.75, 3.05) is 6.54 Å². The molecule has 0 aromatic rings. The first-order valence-electron chi connectivity index (χ1n) is 4.23. The molecule has 0 fully saturated rings. The topological polar surface area (TPSA) is 12.0 Å². The van der Waals surface area contributed by atoms with Crippen LogP contribution in [0.25, 0.3) is 0 Å². The van der Waals surface area contributed by atoms with Gasteiger partial charge in [0, 0.05) is 16.8 Å². The predicted octanol–water partition coefficient (Wildman–Crippen LogP) is 1.42. The molecule has 1 nitrogen and oxygen atoms in total. The quantitative estimate of drug-likeness (QED) is 0.524. The summed E-state index contributed by atoms with van der Waals surface area (Å²) in [5.41, 5.74) is 0. The smallest absolute Gasteiger partial charge is 0.0962 e. The lowest BCUT2D eigenvalue weighted by Crippen LogP contribution is -2.13. The van der Waals surface area contributed by atoms with Crippen LogP contribution < -0.4 is 5.32 Å².